The molecule has 0 aliphatic carbocycles. The minimum absolute atomic E-state index is 0.00556. The van der Waals surface area contributed by atoms with Crippen LogP contribution in [-0.2, 0) is 0 Å². The molecule has 0 atom stereocenters. The fraction of sp³-hybridized carbons (Fsp3) is 0.286. The first-order valence-corrected chi connectivity index (χ1v) is 10.2. The van der Waals surface area contributed by atoms with Crippen molar-refractivity contribution < 1.29 is 9.53 Å². The van der Waals surface area contributed by atoms with Crippen molar-refractivity contribution in [3.8, 4) is 17.0 Å². The number of nitrogens with zero attached hydrogens (tertiary/aromatic N) is 3. The molecule has 0 unspecified atom stereocenters. The van der Waals surface area contributed by atoms with Gasteiger partial charge < -0.3 is 9.64 Å². The van der Waals surface area contributed by atoms with Crippen LogP contribution in [0.15, 0.2) is 58.0 Å². The predicted octanol–water partition coefficient (Wildman–Crippen LogP) is 3.46. The van der Waals surface area contributed by atoms with Gasteiger partial charge in [0.15, 0.2) is 0 Å². The van der Waals surface area contributed by atoms with E-state index in [1.54, 1.807) is 59.5 Å². The monoisotopic (exact) mass is 395 g/mol. The molecule has 1 aliphatic rings. The minimum Gasteiger partial charge on any atom is -0.497 e. The van der Waals surface area contributed by atoms with Crippen LogP contribution >= 0.6 is 11.3 Å². The Hall–Kier alpha value is -2.93. The van der Waals surface area contributed by atoms with Gasteiger partial charge in [0, 0.05) is 35.7 Å². The largest absolute Gasteiger partial charge is 0.497 e. The Labute approximate surface area is 167 Å². The predicted molar refractivity (Wildman–Crippen MR) is 109 cm³/mol. The Balaban J connectivity index is 1.46. The summed E-state index contributed by atoms with van der Waals surface area (Å²) in [5.41, 5.74) is 2.37. The van der Waals surface area contributed by atoms with Crippen LogP contribution in [-0.4, -0.2) is 40.8 Å². The second kappa shape index (κ2) is 7.98. The maximum atomic E-state index is 12.7. The fourth-order valence-electron chi connectivity index (χ4n) is 3.48. The number of aromatic nitrogens is 2. The molecule has 6 nitrogen and oxygen atoms in total. The molecule has 7 heteroatoms. The second-order valence-electron chi connectivity index (χ2n) is 6.77. The number of thiophene rings is 1. The maximum Gasteiger partial charge on any atom is 0.267 e. The average molecular weight is 395 g/mol. The van der Waals surface area contributed by atoms with E-state index in [9.17, 15) is 9.59 Å². The molecule has 0 saturated carbocycles. The Kier molecular flexibility index (Phi) is 5.25. The van der Waals surface area contributed by atoms with Crippen molar-refractivity contribution >= 4 is 17.2 Å². The number of amides is 1. The van der Waals surface area contributed by atoms with E-state index in [2.05, 4.69) is 5.10 Å². The SMILES string of the molecule is COc1ccc(C(=O)N2CCC(n3nc(-c4ccsc4)ccc3=O)CC2)cc1. The Morgan fingerprint density at radius 1 is 1.11 bits per heavy atom. The summed E-state index contributed by atoms with van der Waals surface area (Å²) < 4.78 is 6.73. The number of hydrogen-bond acceptors (Lipinski definition) is 5. The lowest BCUT2D eigenvalue weighted by Gasteiger charge is -2.32. The van der Waals surface area contributed by atoms with Gasteiger partial charge in [-0.05, 0) is 54.6 Å². The van der Waals surface area contributed by atoms with E-state index in [1.165, 1.54) is 0 Å². The number of hydrogen-bond donors (Lipinski definition) is 0. The van der Waals surface area contributed by atoms with Gasteiger partial charge in [-0.2, -0.15) is 16.4 Å². The summed E-state index contributed by atoms with van der Waals surface area (Å²) in [4.78, 5) is 26.9. The van der Waals surface area contributed by atoms with Gasteiger partial charge in [-0.15, -0.1) is 0 Å². The van der Waals surface area contributed by atoms with Crippen LogP contribution in [0.3, 0.4) is 0 Å². The molecule has 3 heterocycles. The van der Waals surface area contributed by atoms with E-state index < -0.39 is 0 Å². The lowest BCUT2D eigenvalue weighted by molar-refractivity contribution is 0.0688. The van der Waals surface area contributed by atoms with Gasteiger partial charge >= 0.3 is 0 Å². The lowest BCUT2D eigenvalue weighted by Crippen LogP contribution is -2.41. The van der Waals surface area contributed by atoms with Gasteiger partial charge in [-0.3, -0.25) is 9.59 Å². The molecule has 1 amide bonds. The van der Waals surface area contributed by atoms with E-state index in [4.69, 9.17) is 4.74 Å². The zero-order chi connectivity index (χ0) is 19.5. The van der Waals surface area contributed by atoms with E-state index in [-0.39, 0.29) is 17.5 Å². The number of rotatable bonds is 4. The first-order valence-electron chi connectivity index (χ1n) is 9.21. The van der Waals surface area contributed by atoms with Crippen molar-refractivity contribution in [3.63, 3.8) is 0 Å². The highest BCUT2D eigenvalue weighted by molar-refractivity contribution is 7.08. The number of benzene rings is 1. The standard InChI is InChI=1S/C21H21N3O3S/c1-27-18-4-2-15(3-5-18)21(26)23-11-8-17(9-12-23)24-20(25)7-6-19(22-24)16-10-13-28-14-16/h2-7,10,13-14,17H,8-9,11-12H2,1H3. The summed E-state index contributed by atoms with van der Waals surface area (Å²) in [6.07, 6.45) is 1.42. The smallest absolute Gasteiger partial charge is 0.267 e. The number of carbonyl (C=O) groups excluding carboxylic acids is 1. The molecule has 1 aliphatic heterocycles. The summed E-state index contributed by atoms with van der Waals surface area (Å²) in [5.74, 6) is 0.736. The van der Waals surface area contributed by atoms with Crippen molar-refractivity contribution in [1.29, 1.82) is 0 Å². The quantitative estimate of drug-likeness (QED) is 0.679. The van der Waals surface area contributed by atoms with Crippen molar-refractivity contribution in [2.75, 3.05) is 20.2 Å². The van der Waals surface area contributed by atoms with Gasteiger partial charge in [-0.1, -0.05) is 0 Å². The van der Waals surface area contributed by atoms with Gasteiger partial charge in [0.25, 0.3) is 11.5 Å². The van der Waals surface area contributed by atoms with Gasteiger partial charge in [0.1, 0.15) is 5.75 Å². The van der Waals surface area contributed by atoms with Crippen molar-refractivity contribution in [2.24, 2.45) is 0 Å². The summed E-state index contributed by atoms with van der Waals surface area (Å²) in [5, 5.41) is 8.60. The third-order valence-corrected chi connectivity index (χ3v) is 5.76. The van der Waals surface area contributed by atoms with Gasteiger partial charge in [-0.25, -0.2) is 4.68 Å². The highest BCUT2D eigenvalue weighted by Gasteiger charge is 2.26. The number of likely N-dealkylation sites (tertiary alicyclic amines) is 1. The van der Waals surface area contributed by atoms with Crippen molar-refractivity contribution in [1.82, 2.24) is 14.7 Å². The molecule has 0 spiro atoms. The van der Waals surface area contributed by atoms with E-state index >= 15 is 0 Å². The van der Waals surface area contributed by atoms with Crippen LogP contribution in [0.2, 0.25) is 0 Å². The maximum absolute atomic E-state index is 12.7. The molecule has 144 valence electrons. The lowest BCUT2D eigenvalue weighted by atomic mass is 10.0. The molecule has 3 aromatic rings. The Morgan fingerprint density at radius 2 is 1.86 bits per heavy atom. The molecule has 1 fully saturated rings. The van der Waals surface area contributed by atoms with Crippen LogP contribution in [0.5, 0.6) is 5.75 Å². The Morgan fingerprint density at radius 3 is 2.50 bits per heavy atom. The fourth-order valence-corrected chi connectivity index (χ4v) is 4.13. The van der Waals surface area contributed by atoms with E-state index in [0.717, 1.165) is 17.0 Å². The topological polar surface area (TPSA) is 64.4 Å². The summed E-state index contributed by atoms with van der Waals surface area (Å²) in [6.45, 7) is 1.21. The first kappa shape index (κ1) is 18.4. The normalized spacial score (nSPS) is 14.8. The summed E-state index contributed by atoms with van der Waals surface area (Å²) >= 11 is 1.60. The number of carbonyl (C=O) groups is 1. The zero-order valence-electron chi connectivity index (χ0n) is 15.6. The third-order valence-electron chi connectivity index (χ3n) is 5.08. The zero-order valence-corrected chi connectivity index (χ0v) is 16.4. The number of piperidine rings is 1. The first-order chi connectivity index (χ1) is 13.7. The highest BCUT2D eigenvalue weighted by atomic mass is 32.1. The molecule has 4 rings (SSSR count). The average Bonchev–Trinajstić information content (AvgIpc) is 3.29. The third kappa shape index (κ3) is 3.71. The molecule has 0 bridgehead atoms. The molecule has 0 N–H and O–H groups in total. The molecule has 1 saturated heterocycles. The highest BCUT2D eigenvalue weighted by Crippen LogP contribution is 2.24. The molecular weight excluding hydrogens is 374 g/mol. The Bertz CT molecular complexity index is 1000. The van der Waals surface area contributed by atoms with Gasteiger partial charge in [0.2, 0.25) is 0 Å². The van der Waals surface area contributed by atoms with Gasteiger partial charge in [0.05, 0.1) is 18.8 Å². The van der Waals surface area contributed by atoms with Crippen LogP contribution in [0.1, 0.15) is 29.2 Å². The number of ether oxygens (including phenoxy) is 1. The molecular formula is C21H21N3O3S. The molecule has 28 heavy (non-hydrogen) atoms. The van der Waals surface area contributed by atoms with Crippen LogP contribution in [0, 0.1) is 0 Å². The number of methoxy groups -OCH3 is 1. The molecule has 0 radical (unpaired) electrons. The minimum atomic E-state index is -0.0982. The van der Waals surface area contributed by atoms with E-state index in [0.29, 0.717) is 31.5 Å². The van der Waals surface area contributed by atoms with Crippen molar-refractivity contribution in [3.05, 3.63) is 69.1 Å². The molecule has 2 aromatic heterocycles. The molecule has 1 aromatic carbocycles. The van der Waals surface area contributed by atoms with E-state index in [1.807, 2.05) is 21.7 Å². The van der Waals surface area contributed by atoms with Crippen LogP contribution in [0.25, 0.3) is 11.3 Å². The summed E-state index contributed by atoms with van der Waals surface area (Å²) in [7, 11) is 1.60. The van der Waals surface area contributed by atoms with Crippen LogP contribution in [0.4, 0.5) is 0 Å². The van der Waals surface area contributed by atoms with Crippen LogP contribution < -0.4 is 10.3 Å². The summed E-state index contributed by atoms with van der Waals surface area (Å²) in [6, 6.07) is 12.5. The van der Waals surface area contributed by atoms with Crippen molar-refractivity contribution in [2.45, 2.75) is 18.9 Å². The second-order valence-corrected chi connectivity index (χ2v) is 7.55.